The lowest BCUT2D eigenvalue weighted by atomic mass is 9.98. The molecule has 2 heterocycles. The monoisotopic (exact) mass is 465 g/mol. The predicted octanol–water partition coefficient (Wildman–Crippen LogP) is 5.45. The number of hydrogen-bond acceptors (Lipinski definition) is 5. The highest BCUT2D eigenvalue weighted by Crippen LogP contribution is 2.28. The van der Waals surface area contributed by atoms with Crippen molar-refractivity contribution in [3.05, 3.63) is 113 Å². The van der Waals surface area contributed by atoms with E-state index in [0.717, 1.165) is 48.5 Å². The van der Waals surface area contributed by atoms with Gasteiger partial charge in [0.25, 0.3) is 0 Å². The minimum Gasteiger partial charge on any atom is -0.491 e. The second kappa shape index (κ2) is 11.3. The average Bonchev–Trinajstić information content (AvgIpc) is 2.88. The summed E-state index contributed by atoms with van der Waals surface area (Å²) in [6.45, 7) is 6.55. The number of aromatic nitrogens is 2. The molecule has 5 rings (SSSR count). The molecule has 2 bridgehead atoms. The Morgan fingerprint density at radius 2 is 1.66 bits per heavy atom. The third kappa shape index (κ3) is 6.32. The normalized spacial score (nSPS) is 15.0. The molecule has 1 aliphatic heterocycles. The molecule has 0 spiro atoms. The van der Waals surface area contributed by atoms with Crippen molar-refractivity contribution in [3.8, 4) is 16.9 Å². The van der Waals surface area contributed by atoms with Crippen LogP contribution < -0.4 is 4.74 Å². The molecular weight excluding hydrogens is 434 g/mol. The van der Waals surface area contributed by atoms with E-state index in [1.54, 1.807) is 6.33 Å². The van der Waals surface area contributed by atoms with Gasteiger partial charge in [0, 0.05) is 44.0 Å². The van der Waals surface area contributed by atoms with Crippen molar-refractivity contribution in [2.75, 3.05) is 26.4 Å². The molecule has 0 aliphatic carbocycles. The van der Waals surface area contributed by atoms with Crippen LogP contribution in [0.3, 0.4) is 0 Å². The maximum atomic E-state index is 6.16. The van der Waals surface area contributed by atoms with Gasteiger partial charge in [0.2, 0.25) is 0 Å². The molecule has 178 valence electrons. The van der Waals surface area contributed by atoms with Crippen LogP contribution in [0.4, 0.5) is 0 Å². The topological polar surface area (TPSA) is 47.5 Å². The van der Waals surface area contributed by atoms with Crippen molar-refractivity contribution in [3.63, 3.8) is 0 Å². The molecule has 5 heteroatoms. The second-order valence-corrected chi connectivity index (χ2v) is 9.10. The Kier molecular flexibility index (Phi) is 7.47. The SMILES string of the molecule is Cc1ccc(CN2CCOCCOc3ccc(-c4cncnc4)cc3Cc3cccc(c3)C2)cc1. The van der Waals surface area contributed by atoms with Gasteiger partial charge in [-0.25, -0.2) is 9.97 Å². The van der Waals surface area contributed by atoms with Crippen molar-refractivity contribution < 1.29 is 9.47 Å². The number of hydrogen-bond donors (Lipinski definition) is 0. The number of benzene rings is 3. The molecule has 1 aromatic heterocycles. The molecular formula is C30H31N3O2. The molecule has 0 radical (unpaired) electrons. The van der Waals surface area contributed by atoms with Crippen molar-refractivity contribution in [1.82, 2.24) is 14.9 Å². The fraction of sp³-hybridized carbons (Fsp3) is 0.267. The van der Waals surface area contributed by atoms with Crippen LogP contribution in [-0.4, -0.2) is 41.2 Å². The first-order valence-electron chi connectivity index (χ1n) is 12.2. The van der Waals surface area contributed by atoms with Crippen LogP contribution in [0, 0.1) is 6.92 Å². The lowest BCUT2D eigenvalue weighted by molar-refractivity contribution is 0.0757. The molecule has 1 aliphatic rings. The molecule has 0 amide bonds. The van der Waals surface area contributed by atoms with Gasteiger partial charge < -0.3 is 9.47 Å². The van der Waals surface area contributed by atoms with Crippen LogP contribution in [-0.2, 0) is 24.2 Å². The Hall–Kier alpha value is -3.54. The van der Waals surface area contributed by atoms with E-state index in [9.17, 15) is 0 Å². The maximum absolute atomic E-state index is 6.16. The van der Waals surface area contributed by atoms with Crippen molar-refractivity contribution in [1.29, 1.82) is 0 Å². The Bertz CT molecular complexity index is 1240. The molecule has 0 fully saturated rings. The first-order valence-corrected chi connectivity index (χ1v) is 12.2. The van der Waals surface area contributed by atoms with Crippen molar-refractivity contribution in [2.45, 2.75) is 26.4 Å². The molecule has 5 nitrogen and oxygen atoms in total. The van der Waals surface area contributed by atoms with E-state index >= 15 is 0 Å². The van der Waals surface area contributed by atoms with E-state index in [1.807, 2.05) is 12.4 Å². The lowest BCUT2D eigenvalue weighted by Crippen LogP contribution is -2.27. The minimum absolute atomic E-state index is 0.527. The number of ether oxygens (including phenoxy) is 2. The summed E-state index contributed by atoms with van der Waals surface area (Å²) >= 11 is 0. The molecule has 0 saturated carbocycles. The third-order valence-corrected chi connectivity index (χ3v) is 6.31. The number of fused-ring (bicyclic) bond motifs is 3. The van der Waals surface area contributed by atoms with E-state index in [4.69, 9.17) is 9.47 Å². The standard InChI is InChI=1S/C30H31N3O2/c1-23-5-7-24(8-6-23)20-33-11-12-34-13-14-35-30-10-9-27(29-18-31-22-32-19-29)17-28(30)16-25-3-2-4-26(15-25)21-33/h2-10,15,17-19,22H,11-14,16,20-21H2,1H3. The largest absolute Gasteiger partial charge is 0.491 e. The van der Waals surface area contributed by atoms with Gasteiger partial charge in [0.05, 0.1) is 13.2 Å². The summed E-state index contributed by atoms with van der Waals surface area (Å²) in [5.74, 6) is 0.901. The van der Waals surface area contributed by atoms with Crippen LogP contribution in [0.2, 0.25) is 0 Å². The number of nitrogens with zero attached hydrogens (tertiary/aromatic N) is 3. The van der Waals surface area contributed by atoms with Crippen LogP contribution in [0.5, 0.6) is 5.75 Å². The summed E-state index contributed by atoms with van der Waals surface area (Å²) in [5.41, 5.74) is 8.43. The molecule has 3 aromatic carbocycles. The number of aryl methyl sites for hydroxylation is 1. The van der Waals surface area contributed by atoms with Crippen LogP contribution in [0.1, 0.15) is 27.8 Å². The van der Waals surface area contributed by atoms with Crippen LogP contribution >= 0.6 is 0 Å². The van der Waals surface area contributed by atoms with E-state index < -0.39 is 0 Å². The lowest BCUT2D eigenvalue weighted by Gasteiger charge is -2.23. The zero-order valence-electron chi connectivity index (χ0n) is 20.2. The minimum atomic E-state index is 0.527. The highest BCUT2D eigenvalue weighted by molar-refractivity contribution is 5.64. The van der Waals surface area contributed by atoms with Gasteiger partial charge in [-0.15, -0.1) is 0 Å². The Morgan fingerprint density at radius 3 is 2.51 bits per heavy atom. The van der Waals surface area contributed by atoms with E-state index in [1.165, 1.54) is 22.3 Å². The van der Waals surface area contributed by atoms with E-state index in [-0.39, 0.29) is 0 Å². The fourth-order valence-corrected chi connectivity index (χ4v) is 4.47. The summed E-state index contributed by atoms with van der Waals surface area (Å²) in [5, 5.41) is 0. The Morgan fingerprint density at radius 1 is 0.829 bits per heavy atom. The fourth-order valence-electron chi connectivity index (χ4n) is 4.47. The first kappa shape index (κ1) is 23.2. The van der Waals surface area contributed by atoms with E-state index in [0.29, 0.717) is 19.8 Å². The molecule has 0 N–H and O–H groups in total. The summed E-state index contributed by atoms with van der Waals surface area (Å²) in [7, 11) is 0. The van der Waals surface area contributed by atoms with Gasteiger partial charge in [0.15, 0.2) is 0 Å². The van der Waals surface area contributed by atoms with Gasteiger partial charge in [-0.1, -0.05) is 60.2 Å². The van der Waals surface area contributed by atoms with E-state index in [2.05, 4.69) is 88.5 Å². The first-order chi connectivity index (χ1) is 17.2. The quantitative estimate of drug-likeness (QED) is 0.402. The van der Waals surface area contributed by atoms with Gasteiger partial charge >= 0.3 is 0 Å². The highest BCUT2D eigenvalue weighted by atomic mass is 16.5. The van der Waals surface area contributed by atoms with Gasteiger partial charge in [-0.2, -0.15) is 0 Å². The molecule has 0 unspecified atom stereocenters. The summed E-state index contributed by atoms with van der Waals surface area (Å²) in [6.07, 6.45) is 6.04. The summed E-state index contributed by atoms with van der Waals surface area (Å²) in [6, 6.07) is 24.0. The van der Waals surface area contributed by atoms with Crippen molar-refractivity contribution in [2.24, 2.45) is 0 Å². The molecule has 0 atom stereocenters. The van der Waals surface area contributed by atoms with Gasteiger partial charge in [0.1, 0.15) is 18.7 Å². The second-order valence-electron chi connectivity index (χ2n) is 9.10. The highest BCUT2D eigenvalue weighted by Gasteiger charge is 2.12. The summed E-state index contributed by atoms with van der Waals surface area (Å²) in [4.78, 5) is 10.8. The van der Waals surface area contributed by atoms with Crippen LogP contribution in [0.15, 0.2) is 85.5 Å². The zero-order valence-corrected chi connectivity index (χ0v) is 20.2. The third-order valence-electron chi connectivity index (χ3n) is 6.31. The zero-order chi connectivity index (χ0) is 23.9. The average molecular weight is 466 g/mol. The molecule has 0 saturated heterocycles. The predicted molar refractivity (Wildman–Crippen MR) is 138 cm³/mol. The van der Waals surface area contributed by atoms with Crippen molar-refractivity contribution >= 4 is 0 Å². The smallest absolute Gasteiger partial charge is 0.122 e. The Balaban J connectivity index is 1.41. The molecule has 35 heavy (non-hydrogen) atoms. The van der Waals surface area contributed by atoms with Crippen LogP contribution in [0.25, 0.3) is 11.1 Å². The molecule has 4 aromatic rings. The maximum Gasteiger partial charge on any atom is 0.122 e. The van der Waals surface area contributed by atoms with Gasteiger partial charge in [-0.3, -0.25) is 4.90 Å². The van der Waals surface area contributed by atoms with Gasteiger partial charge in [-0.05, 0) is 46.9 Å². The number of rotatable bonds is 3. The Labute approximate surface area is 207 Å². The summed E-state index contributed by atoms with van der Waals surface area (Å²) < 4.78 is 12.1.